The van der Waals surface area contributed by atoms with Gasteiger partial charge in [-0.1, -0.05) is 32.9 Å². The number of alkyl carbamates (subject to hydrolysis) is 1. The Morgan fingerprint density at radius 3 is 2.45 bits per heavy atom. The van der Waals surface area contributed by atoms with Gasteiger partial charge in [-0.15, -0.1) is 6.58 Å². The van der Waals surface area contributed by atoms with Gasteiger partial charge in [0.05, 0.1) is 30.3 Å². The summed E-state index contributed by atoms with van der Waals surface area (Å²) < 4.78 is 38.1. The van der Waals surface area contributed by atoms with Crippen LogP contribution in [0.3, 0.4) is 0 Å². The zero-order valence-corrected chi connectivity index (χ0v) is 27.5. The molecule has 2 aromatic heterocycles. The summed E-state index contributed by atoms with van der Waals surface area (Å²) in [6.45, 7) is 8.90. The summed E-state index contributed by atoms with van der Waals surface area (Å²) in [5.74, 6) is -2.65. The molecule has 5 atom stereocenters. The van der Waals surface area contributed by atoms with Gasteiger partial charge < -0.3 is 25.0 Å². The molecule has 3 aliphatic rings. The molecule has 5 unspecified atom stereocenters. The zero-order valence-electron chi connectivity index (χ0n) is 26.6. The van der Waals surface area contributed by atoms with Crippen molar-refractivity contribution < 1.29 is 37.1 Å². The first-order chi connectivity index (χ1) is 22.2. The van der Waals surface area contributed by atoms with Crippen molar-refractivity contribution in [3.8, 4) is 17.4 Å². The number of hydrogen-bond acceptors (Lipinski definition) is 11. The van der Waals surface area contributed by atoms with E-state index in [2.05, 4.69) is 36.9 Å². The molecule has 252 valence electrons. The largest absolute Gasteiger partial charge is 0.458 e. The number of rotatable bonds is 11. The lowest BCUT2D eigenvalue weighted by Gasteiger charge is -2.35. The second kappa shape index (κ2) is 12.9. The summed E-state index contributed by atoms with van der Waals surface area (Å²) in [4.78, 5) is 67.9. The number of aromatic nitrogens is 3. The molecule has 3 N–H and O–H groups in total. The van der Waals surface area contributed by atoms with Gasteiger partial charge in [0, 0.05) is 24.7 Å². The van der Waals surface area contributed by atoms with Gasteiger partial charge in [0.1, 0.15) is 23.7 Å². The minimum absolute atomic E-state index is 0.00159. The molecule has 5 rings (SSSR count). The molecule has 0 aromatic carbocycles. The Hall–Kier alpha value is -4.60. The molecule has 16 heteroatoms. The van der Waals surface area contributed by atoms with E-state index in [9.17, 15) is 27.6 Å². The number of methoxy groups -OCH3 is 1. The highest BCUT2D eigenvalue weighted by atomic mass is 32.2. The Balaban J connectivity index is 1.41. The minimum Gasteiger partial charge on any atom is -0.458 e. The van der Waals surface area contributed by atoms with Crippen LogP contribution in [-0.4, -0.2) is 94.7 Å². The molecule has 2 aromatic rings. The third-order valence-electron chi connectivity index (χ3n) is 8.49. The molecule has 2 aliphatic carbocycles. The molecule has 0 bridgehead atoms. The molecule has 2 saturated carbocycles. The van der Waals surface area contributed by atoms with Crippen LogP contribution in [0, 0.1) is 11.3 Å². The summed E-state index contributed by atoms with van der Waals surface area (Å²) in [7, 11) is -2.71. The monoisotopic (exact) mass is 669 g/mol. The van der Waals surface area contributed by atoms with Crippen LogP contribution in [0.15, 0.2) is 49.3 Å². The van der Waals surface area contributed by atoms with E-state index in [1.165, 1.54) is 24.3 Å². The summed E-state index contributed by atoms with van der Waals surface area (Å²) in [6, 6.07) is 4.77. The van der Waals surface area contributed by atoms with Gasteiger partial charge in [0.2, 0.25) is 21.8 Å². The summed E-state index contributed by atoms with van der Waals surface area (Å²) >= 11 is 0. The van der Waals surface area contributed by atoms with Crippen LogP contribution in [0.4, 0.5) is 4.79 Å². The normalized spacial score (nSPS) is 24.4. The number of nitrogens with one attached hydrogen (secondary N) is 3. The number of sulfonamides is 1. The second-order valence-corrected chi connectivity index (χ2v) is 15.0. The van der Waals surface area contributed by atoms with Gasteiger partial charge in [-0.25, -0.2) is 18.2 Å². The second-order valence-electron chi connectivity index (χ2n) is 13.0. The predicted molar refractivity (Wildman–Crippen MR) is 168 cm³/mol. The van der Waals surface area contributed by atoms with Crippen molar-refractivity contribution in [3.05, 3.63) is 49.3 Å². The number of nitrogens with zero attached hydrogens (tertiary/aromatic N) is 4. The first-order valence-electron chi connectivity index (χ1n) is 15.2. The number of likely N-dealkylation sites (tertiary alicyclic amines) is 1. The number of carbonyl (C=O) groups excluding carboxylic acids is 4. The Morgan fingerprint density at radius 2 is 1.85 bits per heavy atom. The fourth-order valence-corrected chi connectivity index (χ4v) is 6.95. The summed E-state index contributed by atoms with van der Waals surface area (Å²) in [5, 5.41) is 4.66. The van der Waals surface area contributed by atoms with Crippen LogP contribution in [0.2, 0.25) is 0 Å². The maximum atomic E-state index is 14.1. The quantitative estimate of drug-likeness (QED) is 0.292. The zero-order chi connectivity index (χ0) is 34.1. The third kappa shape index (κ3) is 7.37. The van der Waals surface area contributed by atoms with Gasteiger partial charge in [0.15, 0.2) is 0 Å². The predicted octanol–water partition coefficient (Wildman–Crippen LogP) is 1.33. The molecule has 3 fully saturated rings. The van der Waals surface area contributed by atoms with Gasteiger partial charge in [-0.3, -0.25) is 24.1 Å². The highest BCUT2D eigenvalue weighted by Gasteiger charge is 2.62. The lowest BCUT2D eigenvalue weighted by molar-refractivity contribution is -0.142. The number of carbonyl (C=O) groups is 4. The SMILES string of the molecule is C=CC1CC1(NC(=O)C1CC(Oc2nccc(-c3ccccn3)n2)CN1C(=O)C(NC(=O)OC)C(C)(C)C)C(=O)NS(=O)(=O)C1CC1. The molecular formula is C31H39N7O8S. The van der Waals surface area contributed by atoms with Crippen molar-refractivity contribution in [2.75, 3.05) is 13.7 Å². The Morgan fingerprint density at radius 1 is 1.11 bits per heavy atom. The lowest BCUT2D eigenvalue weighted by atomic mass is 9.85. The van der Waals surface area contributed by atoms with E-state index in [1.807, 2.05) is 6.07 Å². The highest BCUT2D eigenvalue weighted by molar-refractivity contribution is 7.91. The molecule has 4 amide bonds. The average molecular weight is 670 g/mol. The van der Waals surface area contributed by atoms with Crippen LogP contribution >= 0.6 is 0 Å². The fourth-order valence-electron chi connectivity index (χ4n) is 5.59. The fraction of sp³-hybridized carbons (Fsp3) is 0.516. The Bertz CT molecular complexity index is 1660. The van der Waals surface area contributed by atoms with Gasteiger partial charge >= 0.3 is 12.1 Å². The van der Waals surface area contributed by atoms with Crippen LogP contribution in [0.25, 0.3) is 11.4 Å². The van der Waals surface area contributed by atoms with Crippen molar-refractivity contribution in [2.45, 2.75) is 75.4 Å². The maximum Gasteiger partial charge on any atom is 0.407 e. The van der Waals surface area contributed by atoms with Crippen LogP contribution in [0.1, 0.15) is 46.5 Å². The lowest BCUT2D eigenvalue weighted by Crippen LogP contribution is -2.60. The summed E-state index contributed by atoms with van der Waals surface area (Å²) in [6.07, 6.45) is 4.05. The van der Waals surface area contributed by atoms with Crippen molar-refractivity contribution in [3.63, 3.8) is 0 Å². The van der Waals surface area contributed by atoms with Crippen molar-refractivity contribution in [1.29, 1.82) is 0 Å². The van der Waals surface area contributed by atoms with E-state index < -0.39 is 74.1 Å². The molecule has 1 saturated heterocycles. The number of amides is 4. The Kier molecular flexibility index (Phi) is 9.26. The molecule has 47 heavy (non-hydrogen) atoms. The van der Waals surface area contributed by atoms with E-state index >= 15 is 0 Å². The van der Waals surface area contributed by atoms with Crippen molar-refractivity contribution >= 4 is 33.8 Å². The van der Waals surface area contributed by atoms with Gasteiger partial charge in [-0.2, -0.15) is 4.98 Å². The number of hydrogen-bond donors (Lipinski definition) is 3. The van der Waals surface area contributed by atoms with Gasteiger partial charge in [-0.05, 0) is 42.9 Å². The average Bonchev–Trinajstić information content (AvgIpc) is 3.96. The first-order valence-corrected chi connectivity index (χ1v) is 16.8. The molecule has 0 spiro atoms. The van der Waals surface area contributed by atoms with E-state index in [0.717, 1.165) is 0 Å². The third-order valence-corrected chi connectivity index (χ3v) is 10.3. The molecule has 3 heterocycles. The topological polar surface area (TPSA) is 199 Å². The highest BCUT2D eigenvalue weighted by Crippen LogP contribution is 2.45. The smallest absolute Gasteiger partial charge is 0.407 e. The van der Waals surface area contributed by atoms with Gasteiger partial charge in [0.25, 0.3) is 5.91 Å². The molecule has 15 nitrogen and oxygen atoms in total. The van der Waals surface area contributed by atoms with E-state index in [1.54, 1.807) is 45.2 Å². The summed E-state index contributed by atoms with van der Waals surface area (Å²) in [5.41, 5.74) is -1.25. The standard InChI is InChI=1S/C31H39N7O8S/c1-6-18-16-31(18,27(41)37-47(43,44)20-10-11-20)36-25(39)23-15-19(17-38(23)26(40)24(30(2,3)4)35-29(42)45-5)46-28-33-14-12-22(34-28)21-9-7-8-13-32-21/h6-9,12-14,18-20,23-24H,1,10-11,15-17H2,2-5H3,(H,35,42)(H,36,39)(H,37,41). The van der Waals surface area contributed by atoms with E-state index in [0.29, 0.717) is 24.2 Å². The van der Waals surface area contributed by atoms with Crippen LogP contribution in [0.5, 0.6) is 6.01 Å². The molecular weight excluding hydrogens is 630 g/mol. The van der Waals surface area contributed by atoms with Crippen molar-refractivity contribution in [1.82, 2.24) is 35.2 Å². The minimum atomic E-state index is -3.89. The number of pyridine rings is 1. The number of ether oxygens (including phenoxy) is 2. The molecule has 1 aliphatic heterocycles. The van der Waals surface area contributed by atoms with Crippen LogP contribution in [-0.2, 0) is 29.1 Å². The molecule has 0 radical (unpaired) electrons. The van der Waals surface area contributed by atoms with E-state index in [4.69, 9.17) is 9.47 Å². The van der Waals surface area contributed by atoms with E-state index in [-0.39, 0.29) is 25.4 Å². The van der Waals surface area contributed by atoms with Crippen LogP contribution < -0.4 is 20.1 Å². The Labute approximate surface area is 273 Å². The van der Waals surface area contributed by atoms with Crippen molar-refractivity contribution in [2.24, 2.45) is 11.3 Å². The first kappa shape index (κ1) is 33.8. The maximum absolute atomic E-state index is 14.1.